The van der Waals surface area contributed by atoms with E-state index in [-0.39, 0.29) is 23.5 Å². The molecule has 1 aliphatic rings. The van der Waals surface area contributed by atoms with E-state index in [0.717, 1.165) is 18.1 Å². The molecular formula is C15H12F2N2O2. The molecule has 0 aliphatic heterocycles. The minimum atomic E-state index is -0.857. The number of rotatable bonds is 4. The van der Waals surface area contributed by atoms with Crippen molar-refractivity contribution in [1.29, 1.82) is 0 Å². The fourth-order valence-electron chi connectivity index (χ4n) is 2.45. The number of nitrogens with zero attached hydrogens (tertiary/aromatic N) is 1. The molecule has 2 aromatic carbocycles. The second kappa shape index (κ2) is 5.12. The Bertz CT molecular complexity index is 689. The molecule has 0 heterocycles. The largest absolute Gasteiger partial charge is 0.376 e. The van der Waals surface area contributed by atoms with E-state index in [4.69, 9.17) is 0 Å². The van der Waals surface area contributed by atoms with Crippen LogP contribution in [0.2, 0.25) is 0 Å². The van der Waals surface area contributed by atoms with E-state index >= 15 is 0 Å². The second-order valence-electron chi connectivity index (χ2n) is 5.04. The van der Waals surface area contributed by atoms with Gasteiger partial charge in [0.15, 0.2) is 0 Å². The maximum atomic E-state index is 13.5. The van der Waals surface area contributed by atoms with E-state index < -0.39 is 16.4 Å². The zero-order valence-corrected chi connectivity index (χ0v) is 10.9. The molecule has 1 saturated carbocycles. The molecule has 3 rings (SSSR count). The van der Waals surface area contributed by atoms with Gasteiger partial charge in [-0.2, -0.15) is 4.39 Å². The van der Waals surface area contributed by atoms with Gasteiger partial charge < -0.3 is 5.32 Å². The first-order valence-electron chi connectivity index (χ1n) is 6.51. The number of nitro groups is 1. The predicted molar refractivity (Wildman–Crippen MR) is 74.2 cm³/mol. The first kappa shape index (κ1) is 13.5. The zero-order chi connectivity index (χ0) is 15.0. The van der Waals surface area contributed by atoms with Crippen LogP contribution in [-0.4, -0.2) is 11.0 Å². The van der Waals surface area contributed by atoms with Gasteiger partial charge in [-0.25, -0.2) is 4.39 Å². The van der Waals surface area contributed by atoms with Crippen LogP contribution in [0.1, 0.15) is 17.9 Å². The van der Waals surface area contributed by atoms with Gasteiger partial charge in [0.25, 0.3) is 0 Å². The number of nitro benzene ring substituents is 1. The average Bonchev–Trinajstić information content (AvgIpc) is 3.18. The van der Waals surface area contributed by atoms with Crippen LogP contribution in [0.25, 0.3) is 0 Å². The maximum Gasteiger partial charge on any atom is 0.327 e. The lowest BCUT2D eigenvalue weighted by atomic mass is 10.1. The van der Waals surface area contributed by atoms with Crippen molar-refractivity contribution in [3.63, 3.8) is 0 Å². The smallest absolute Gasteiger partial charge is 0.327 e. The summed E-state index contributed by atoms with van der Waals surface area (Å²) < 4.78 is 26.4. The van der Waals surface area contributed by atoms with Gasteiger partial charge in [-0.3, -0.25) is 10.1 Å². The van der Waals surface area contributed by atoms with Crippen molar-refractivity contribution in [3.05, 3.63) is 69.8 Å². The summed E-state index contributed by atoms with van der Waals surface area (Å²) in [5.74, 6) is -0.998. The minimum Gasteiger partial charge on any atom is -0.376 e. The van der Waals surface area contributed by atoms with E-state index in [9.17, 15) is 18.9 Å². The highest BCUT2D eigenvalue weighted by atomic mass is 19.1. The van der Waals surface area contributed by atoms with Gasteiger partial charge in [0.05, 0.1) is 4.92 Å². The molecule has 6 heteroatoms. The average molecular weight is 290 g/mol. The number of hydrogen-bond acceptors (Lipinski definition) is 3. The third-order valence-corrected chi connectivity index (χ3v) is 3.60. The molecule has 1 N–H and O–H groups in total. The highest BCUT2D eigenvalue weighted by Gasteiger charge is 2.39. The quantitative estimate of drug-likeness (QED) is 0.687. The summed E-state index contributed by atoms with van der Waals surface area (Å²) in [6.45, 7) is 0. The molecule has 4 nitrogen and oxygen atoms in total. The predicted octanol–water partition coefficient (Wildman–Crippen LogP) is 3.84. The van der Waals surface area contributed by atoms with Crippen LogP contribution >= 0.6 is 0 Å². The Morgan fingerprint density at radius 3 is 2.52 bits per heavy atom. The number of hydrogen-bond donors (Lipinski definition) is 1. The Morgan fingerprint density at radius 1 is 1.14 bits per heavy atom. The Labute approximate surface area is 119 Å². The van der Waals surface area contributed by atoms with E-state index in [0.29, 0.717) is 0 Å². The number of nitrogens with one attached hydrogen (secondary N) is 1. The summed E-state index contributed by atoms with van der Waals surface area (Å²) in [6.07, 6.45) is 0.777. The Morgan fingerprint density at radius 2 is 1.86 bits per heavy atom. The Hall–Kier alpha value is -2.50. The van der Waals surface area contributed by atoms with Crippen molar-refractivity contribution < 1.29 is 13.7 Å². The molecule has 0 aromatic heterocycles. The van der Waals surface area contributed by atoms with Crippen LogP contribution in [0.4, 0.5) is 20.2 Å². The van der Waals surface area contributed by atoms with Crippen LogP contribution in [0.15, 0.2) is 42.5 Å². The Balaban J connectivity index is 1.76. The van der Waals surface area contributed by atoms with Gasteiger partial charge >= 0.3 is 5.69 Å². The fourth-order valence-corrected chi connectivity index (χ4v) is 2.45. The lowest BCUT2D eigenvalue weighted by molar-refractivity contribution is -0.386. The number of benzene rings is 2. The lowest BCUT2D eigenvalue weighted by Gasteiger charge is -2.07. The van der Waals surface area contributed by atoms with Gasteiger partial charge in [0.1, 0.15) is 11.5 Å². The molecule has 0 unspecified atom stereocenters. The molecule has 1 fully saturated rings. The second-order valence-corrected chi connectivity index (χ2v) is 5.04. The molecular weight excluding hydrogens is 278 g/mol. The van der Waals surface area contributed by atoms with Gasteiger partial charge in [0, 0.05) is 12.0 Å². The van der Waals surface area contributed by atoms with Gasteiger partial charge in [-0.15, -0.1) is 0 Å². The topological polar surface area (TPSA) is 55.2 Å². The van der Waals surface area contributed by atoms with Crippen LogP contribution in [-0.2, 0) is 0 Å². The zero-order valence-electron chi connectivity index (χ0n) is 10.9. The van der Waals surface area contributed by atoms with Gasteiger partial charge in [-0.05, 0) is 36.2 Å². The van der Waals surface area contributed by atoms with Crippen molar-refractivity contribution in [1.82, 2.24) is 0 Å². The molecule has 0 bridgehead atoms. The molecule has 2 atom stereocenters. The highest BCUT2D eigenvalue weighted by molar-refractivity contribution is 5.63. The van der Waals surface area contributed by atoms with Crippen molar-refractivity contribution in [2.45, 2.75) is 18.4 Å². The van der Waals surface area contributed by atoms with E-state index in [1.165, 1.54) is 24.3 Å². The van der Waals surface area contributed by atoms with Crippen molar-refractivity contribution in [2.75, 3.05) is 5.32 Å². The van der Waals surface area contributed by atoms with Crippen molar-refractivity contribution in [3.8, 4) is 0 Å². The number of anilines is 1. The summed E-state index contributed by atoms with van der Waals surface area (Å²) in [6, 6.07) is 10.1. The molecule has 0 radical (unpaired) electrons. The Kier molecular flexibility index (Phi) is 3.29. The van der Waals surface area contributed by atoms with Gasteiger partial charge in [0.2, 0.25) is 5.82 Å². The fraction of sp³-hybridized carbons (Fsp3) is 0.200. The molecule has 0 amide bonds. The first-order valence-corrected chi connectivity index (χ1v) is 6.51. The summed E-state index contributed by atoms with van der Waals surface area (Å²) in [5.41, 5.74) is 0.602. The third kappa shape index (κ3) is 2.69. The molecule has 0 saturated heterocycles. The summed E-state index contributed by atoms with van der Waals surface area (Å²) in [7, 11) is 0. The highest BCUT2D eigenvalue weighted by Crippen LogP contribution is 2.44. The normalized spacial score (nSPS) is 20.1. The van der Waals surface area contributed by atoms with E-state index in [1.807, 2.05) is 0 Å². The van der Waals surface area contributed by atoms with Gasteiger partial charge in [-0.1, -0.05) is 18.2 Å². The van der Waals surface area contributed by atoms with E-state index in [1.54, 1.807) is 12.1 Å². The van der Waals surface area contributed by atoms with Crippen molar-refractivity contribution in [2.24, 2.45) is 0 Å². The summed E-state index contributed by atoms with van der Waals surface area (Å²) in [4.78, 5) is 10.2. The molecule has 2 aromatic rings. The standard InChI is InChI=1S/C15H12F2N2O2/c16-10-6-4-9(5-7-10)11-8-14(11)18-13-3-1-2-12(17)15(13)19(20)21/h1-7,11,14,18H,8H2/t11-,14+/m0/s1. The molecule has 108 valence electrons. The number of halogens is 2. The van der Waals surface area contributed by atoms with Crippen LogP contribution in [0.3, 0.4) is 0 Å². The maximum absolute atomic E-state index is 13.5. The SMILES string of the molecule is O=[N+]([O-])c1c(F)cccc1N[C@@H]1C[C@H]1c1ccc(F)cc1. The third-order valence-electron chi connectivity index (χ3n) is 3.60. The van der Waals surface area contributed by atoms with Crippen molar-refractivity contribution >= 4 is 11.4 Å². The number of para-hydroxylation sites is 1. The lowest BCUT2D eigenvalue weighted by Crippen LogP contribution is -2.07. The molecule has 21 heavy (non-hydrogen) atoms. The first-order chi connectivity index (χ1) is 10.1. The summed E-state index contributed by atoms with van der Waals surface area (Å²) >= 11 is 0. The van der Waals surface area contributed by atoms with Crippen LogP contribution < -0.4 is 5.32 Å². The van der Waals surface area contributed by atoms with Crippen LogP contribution in [0.5, 0.6) is 0 Å². The van der Waals surface area contributed by atoms with Crippen LogP contribution in [0, 0.1) is 21.7 Å². The van der Waals surface area contributed by atoms with E-state index in [2.05, 4.69) is 5.32 Å². The monoisotopic (exact) mass is 290 g/mol. The minimum absolute atomic E-state index is 0.00374. The summed E-state index contributed by atoms with van der Waals surface area (Å²) in [5, 5.41) is 13.9. The molecule has 0 spiro atoms. The molecule has 1 aliphatic carbocycles.